The second kappa shape index (κ2) is 7.36. The molecule has 0 radical (unpaired) electrons. The van der Waals surface area contributed by atoms with Crippen LogP contribution in [-0.4, -0.2) is 41.0 Å². The highest BCUT2D eigenvalue weighted by atomic mass is 16.5. The third-order valence-corrected chi connectivity index (χ3v) is 5.25. The van der Waals surface area contributed by atoms with E-state index in [1.54, 1.807) is 6.92 Å². The molecule has 2 aliphatic rings. The summed E-state index contributed by atoms with van der Waals surface area (Å²) >= 11 is 0. The molecule has 1 aliphatic heterocycles. The Balaban J connectivity index is 1.57. The van der Waals surface area contributed by atoms with Gasteiger partial charge in [0.2, 0.25) is 5.91 Å². The van der Waals surface area contributed by atoms with Crippen LogP contribution < -0.4 is 5.32 Å². The number of likely N-dealkylation sites (tertiary alicyclic amines) is 1. The van der Waals surface area contributed by atoms with E-state index in [1.807, 2.05) is 11.8 Å². The van der Waals surface area contributed by atoms with Gasteiger partial charge in [-0.25, -0.2) is 0 Å². The monoisotopic (exact) mass is 333 g/mol. The van der Waals surface area contributed by atoms with Gasteiger partial charge >= 0.3 is 0 Å². The van der Waals surface area contributed by atoms with E-state index in [2.05, 4.69) is 10.5 Å². The van der Waals surface area contributed by atoms with Crippen LogP contribution in [0.2, 0.25) is 0 Å². The number of aromatic nitrogens is 1. The van der Waals surface area contributed by atoms with Crippen LogP contribution in [0.15, 0.2) is 4.52 Å². The van der Waals surface area contributed by atoms with E-state index in [1.165, 1.54) is 32.1 Å². The molecule has 6 nitrogen and oxygen atoms in total. The molecule has 0 bridgehead atoms. The molecule has 1 aromatic rings. The molecular weight excluding hydrogens is 306 g/mol. The zero-order valence-electron chi connectivity index (χ0n) is 14.6. The summed E-state index contributed by atoms with van der Waals surface area (Å²) in [7, 11) is 0. The lowest BCUT2D eigenvalue weighted by molar-refractivity contribution is -0.128. The Morgan fingerprint density at radius 2 is 2.08 bits per heavy atom. The molecule has 1 saturated carbocycles. The van der Waals surface area contributed by atoms with Crippen molar-refractivity contribution >= 4 is 11.8 Å². The van der Waals surface area contributed by atoms with Gasteiger partial charge in [0, 0.05) is 19.5 Å². The number of nitrogens with one attached hydrogen (secondary N) is 1. The Hall–Kier alpha value is -1.85. The fourth-order valence-corrected chi connectivity index (χ4v) is 3.93. The Labute approximate surface area is 142 Å². The molecule has 0 unspecified atom stereocenters. The summed E-state index contributed by atoms with van der Waals surface area (Å²) in [5.41, 5.74) is 1.20. The van der Waals surface area contributed by atoms with Crippen LogP contribution in [0.4, 0.5) is 0 Å². The lowest BCUT2D eigenvalue weighted by atomic mass is 9.89. The van der Waals surface area contributed by atoms with E-state index < -0.39 is 0 Å². The predicted molar refractivity (Wildman–Crippen MR) is 89.6 cm³/mol. The second-order valence-electron chi connectivity index (χ2n) is 7.09. The summed E-state index contributed by atoms with van der Waals surface area (Å²) in [6.07, 6.45) is 7.36. The highest BCUT2D eigenvalue weighted by Gasteiger charge is 2.33. The molecule has 6 heteroatoms. The van der Waals surface area contributed by atoms with Gasteiger partial charge in [0.15, 0.2) is 0 Å². The lowest BCUT2D eigenvalue weighted by Crippen LogP contribution is -2.38. The van der Waals surface area contributed by atoms with E-state index in [0.29, 0.717) is 42.3 Å². The first kappa shape index (κ1) is 17.0. The quantitative estimate of drug-likeness (QED) is 0.898. The Morgan fingerprint density at radius 1 is 1.33 bits per heavy atom. The number of rotatable bonds is 5. The minimum absolute atomic E-state index is 0.118. The van der Waals surface area contributed by atoms with Crippen LogP contribution in [0.3, 0.4) is 0 Å². The average Bonchev–Trinajstić information content (AvgIpc) is 3.11. The number of nitrogens with zero attached hydrogens (tertiary/aromatic N) is 2. The van der Waals surface area contributed by atoms with E-state index in [4.69, 9.17) is 4.52 Å². The molecule has 1 atom stereocenters. The molecule has 1 aliphatic carbocycles. The zero-order valence-corrected chi connectivity index (χ0v) is 14.6. The molecular formula is C18H27N3O3. The number of carbonyl (C=O) groups is 2. The largest absolute Gasteiger partial charge is 0.361 e. The van der Waals surface area contributed by atoms with Crippen molar-refractivity contribution in [2.75, 3.05) is 13.1 Å². The fourth-order valence-electron chi connectivity index (χ4n) is 3.93. The molecule has 0 spiro atoms. The molecule has 132 valence electrons. The number of carbonyl (C=O) groups excluding carboxylic acids is 2. The zero-order chi connectivity index (χ0) is 17.1. The van der Waals surface area contributed by atoms with Gasteiger partial charge in [-0.1, -0.05) is 31.3 Å². The van der Waals surface area contributed by atoms with E-state index in [-0.39, 0.29) is 17.9 Å². The Morgan fingerprint density at radius 3 is 2.79 bits per heavy atom. The van der Waals surface area contributed by atoms with E-state index >= 15 is 0 Å². The number of hydrogen-bond donors (Lipinski definition) is 1. The first-order valence-electron chi connectivity index (χ1n) is 9.12. The van der Waals surface area contributed by atoms with Gasteiger partial charge in [-0.15, -0.1) is 0 Å². The number of amides is 2. The van der Waals surface area contributed by atoms with Gasteiger partial charge in [0.25, 0.3) is 5.91 Å². The Bertz CT molecular complexity index is 605. The maximum atomic E-state index is 12.5. The SMILES string of the molecule is CCc1noc(C)c1C(=O)N[C@@H]1CC(=O)N(CC2CCCCC2)C1. The van der Waals surface area contributed by atoms with Crippen LogP contribution in [0.5, 0.6) is 0 Å². The van der Waals surface area contributed by atoms with Crippen LogP contribution in [0.1, 0.15) is 67.3 Å². The first-order valence-corrected chi connectivity index (χ1v) is 9.12. The van der Waals surface area contributed by atoms with Crippen molar-refractivity contribution in [1.82, 2.24) is 15.4 Å². The lowest BCUT2D eigenvalue weighted by Gasteiger charge is -2.27. The van der Waals surface area contributed by atoms with Gasteiger partial charge in [-0.3, -0.25) is 9.59 Å². The van der Waals surface area contributed by atoms with Crippen LogP contribution in [-0.2, 0) is 11.2 Å². The van der Waals surface area contributed by atoms with Crippen molar-refractivity contribution < 1.29 is 14.1 Å². The average molecular weight is 333 g/mol. The summed E-state index contributed by atoms with van der Waals surface area (Å²) in [5, 5.41) is 6.92. The van der Waals surface area contributed by atoms with Crippen molar-refractivity contribution in [2.45, 2.75) is 64.8 Å². The molecule has 1 N–H and O–H groups in total. The van der Waals surface area contributed by atoms with Crippen LogP contribution in [0, 0.1) is 12.8 Å². The number of aryl methyl sites for hydroxylation is 2. The maximum absolute atomic E-state index is 12.5. The minimum Gasteiger partial charge on any atom is -0.361 e. The fraction of sp³-hybridized carbons (Fsp3) is 0.722. The third kappa shape index (κ3) is 3.62. The van der Waals surface area contributed by atoms with Crippen molar-refractivity contribution in [3.8, 4) is 0 Å². The Kier molecular flexibility index (Phi) is 5.21. The summed E-state index contributed by atoms with van der Waals surface area (Å²) in [6.45, 7) is 5.15. The van der Waals surface area contributed by atoms with Crippen molar-refractivity contribution in [1.29, 1.82) is 0 Å². The first-order chi connectivity index (χ1) is 11.6. The molecule has 2 fully saturated rings. The molecule has 3 rings (SSSR count). The molecule has 2 amide bonds. The smallest absolute Gasteiger partial charge is 0.257 e. The summed E-state index contributed by atoms with van der Waals surface area (Å²) in [4.78, 5) is 26.7. The standard InChI is InChI=1S/C18H27N3O3/c1-3-15-17(12(2)24-20-15)18(23)19-14-9-16(22)21(11-14)10-13-7-5-4-6-8-13/h13-14H,3-11H2,1-2H3,(H,19,23)/t14-/m1/s1. The van der Waals surface area contributed by atoms with Crippen LogP contribution in [0.25, 0.3) is 0 Å². The van der Waals surface area contributed by atoms with Crippen molar-refractivity contribution in [3.63, 3.8) is 0 Å². The molecule has 0 aromatic carbocycles. The van der Waals surface area contributed by atoms with Crippen LogP contribution >= 0.6 is 0 Å². The third-order valence-electron chi connectivity index (χ3n) is 5.25. The normalized spacial score (nSPS) is 22.2. The molecule has 2 heterocycles. The topological polar surface area (TPSA) is 75.4 Å². The molecule has 1 saturated heterocycles. The van der Waals surface area contributed by atoms with Gasteiger partial charge in [-0.05, 0) is 32.1 Å². The summed E-state index contributed by atoms with van der Waals surface area (Å²) in [5.74, 6) is 1.14. The van der Waals surface area contributed by atoms with Crippen molar-refractivity contribution in [2.24, 2.45) is 5.92 Å². The molecule has 1 aromatic heterocycles. The van der Waals surface area contributed by atoms with Gasteiger partial charge in [0.1, 0.15) is 11.3 Å². The molecule has 24 heavy (non-hydrogen) atoms. The van der Waals surface area contributed by atoms with E-state index in [9.17, 15) is 9.59 Å². The summed E-state index contributed by atoms with van der Waals surface area (Å²) < 4.78 is 5.13. The van der Waals surface area contributed by atoms with Gasteiger partial charge in [0.05, 0.1) is 11.7 Å². The predicted octanol–water partition coefficient (Wildman–Crippen LogP) is 2.46. The van der Waals surface area contributed by atoms with Gasteiger partial charge in [-0.2, -0.15) is 0 Å². The highest BCUT2D eigenvalue weighted by molar-refractivity contribution is 5.97. The minimum atomic E-state index is -0.178. The maximum Gasteiger partial charge on any atom is 0.257 e. The van der Waals surface area contributed by atoms with Gasteiger partial charge < -0.3 is 14.7 Å². The summed E-state index contributed by atoms with van der Waals surface area (Å²) in [6, 6.07) is -0.118. The van der Waals surface area contributed by atoms with Crippen molar-refractivity contribution in [3.05, 3.63) is 17.0 Å². The number of hydrogen-bond acceptors (Lipinski definition) is 4. The van der Waals surface area contributed by atoms with E-state index in [0.717, 1.165) is 6.54 Å². The highest BCUT2D eigenvalue weighted by Crippen LogP contribution is 2.26. The second-order valence-corrected chi connectivity index (χ2v) is 7.09.